The maximum absolute atomic E-state index is 12.0. The minimum absolute atomic E-state index is 0. The van der Waals surface area contributed by atoms with E-state index in [2.05, 4.69) is 10.6 Å². The summed E-state index contributed by atoms with van der Waals surface area (Å²) in [5, 5.41) is 6.23. The van der Waals surface area contributed by atoms with Gasteiger partial charge in [0, 0.05) is 26.2 Å². The Morgan fingerprint density at radius 3 is 2.65 bits per heavy atom. The van der Waals surface area contributed by atoms with Gasteiger partial charge in [0.25, 0.3) is 0 Å². The molecular weight excluding hydrogens is 320 g/mol. The summed E-state index contributed by atoms with van der Waals surface area (Å²) in [5.74, 6) is 0.393. The number of hydrogen-bond acceptors (Lipinski definition) is 5. The molecule has 2 fully saturated rings. The van der Waals surface area contributed by atoms with Gasteiger partial charge in [0.15, 0.2) is 0 Å². The number of ether oxygens (including phenoxy) is 2. The third-order valence-electron chi connectivity index (χ3n) is 4.80. The van der Waals surface area contributed by atoms with Crippen LogP contribution in [0.3, 0.4) is 0 Å². The fraction of sp³-hybridized carbons (Fsp3) is 0.875. The Balaban J connectivity index is 0.00000264. The zero-order valence-corrected chi connectivity index (χ0v) is 14.7. The molecule has 2 unspecified atom stereocenters. The number of rotatable bonds is 7. The van der Waals surface area contributed by atoms with E-state index in [1.165, 1.54) is 7.11 Å². The highest BCUT2D eigenvalue weighted by molar-refractivity contribution is 5.85. The molecule has 2 saturated heterocycles. The van der Waals surface area contributed by atoms with Crippen LogP contribution in [-0.4, -0.2) is 51.8 Å². The zero-order valence-electron chi connectivity index (χ0n) is 13.8. The Hall–Kier alpha value is -0.850. The molecule has 2 atom stereocenters. The van der Waals surface area contributed by atoms with Crippen molar-refractivity contribution < 1.29 is 19.1 Å². The van der Waals surface area contributed by atoms with Crippen LogP contribution < -0.4 is 10.6 Å². The maximum atomic E-state index is 12.0. The van der Waals surface area contributed by atoms with E-state index in [0.717, 1.165) is 38.8 Å². The first-order valence-electron chi connectivity index (χ1n) is 8.33. The van der Waals surface area contributed by atoms with Crippen molar-refractivity contribution >= 4 is 24.3 Å². The first-order valence-corrected chi connectivity index (χ1v) is 8.33. The number of methoxy groups -OCH3 is 1. The van der Waals surface area contributed by atoms with E-state index in [1.54, 1.807) is 0 Å². The van der Waals surface area contributed by atoms with E-state index in [4.69, 9.17) is 9.47 Å². The molecule has 0 aliphatic carbocycles. The monoisotopic (exact) mass is 348 g/mol. The first-order chi connectivity index (χ1) is 10.7. The van der Waals surface area contributed by atoms with E-state index in [0.29, 0.717) is 32.1 Å². The second-order valence-corrected chi connectivity index (χ2v) is 6.28. The van der Waals surface area contributed by atoms with Gasteiger partial charge in [-0.25, -0.2) is 0 Å². The first kappa shape index (κ1) is 20.2. The topological polar surface area (TPSA) is 76.7 Å². The molecule has 2 aliphatic rings. The van der Waals surface area contributed by atoms with Gasteiger partial charge < -0.3 is 20.1 Å². The van der Waals surface area contributed by atoms with Crippen LogP contribution in [0, 0.1) is 17.8 Å². The molecule has 0 aromatic carbocycles. The van der Waals surface area contributed by atoms with Gasteiger partial charge in [-0.05, 0) is 50.6 Å². The van der Waals surface area contributed by atoms with Crippen LogP contribution in [-0.2, 0) is 19.1 Å². The molecule has 2 N–H and O–H groups in total. The molecule has 23 heavy (non-hydrogen) atoms. The number of halogens is 1. The van der Waals surface area contributed by atoms with Crippen molar-refractivity contribution in [2.24, 2.45) is 17.8 Å². The number of nitrogens with one attached hydrogen (secondary N) is 2. The van der Waals surface area contributed by atoms with Gasteiger partial charge in [-0.3, -0.25) is 9.59 Å². The highest BCUT2D eigenvalue weighted by atomic mass is 35.5. The quantitative estimate of drug-likeness (QED) is 0.674. The molecular formula is C16H29ClN2O4. The molecule has 0 radical (unpaired) electrons. The number of amides is 1. The maximum Gasteiger partial charge on any atom is 0.310 e. The number of esters is 1. The molecule has 2 heterocycles. The lowest BCUT2D eigenvalue weighted by Crippen LogP contribution is -2.39. The number of carbonyl (C=O) groups excluding carboxylic acids is 2. The van der Waals surface area contributed by atoms with Crippen LogP contribution in [0.25, 0.3) is 0 Å². The van der Waals surface area contributed by atoms with Gasteiger partial charge in [-0.1, -0.05) is 0 Å². The van der Waals surface area contributed by atoms with Crippen LogP contribution in [0.5, 0.6) is 0 Å². The third-order valence-corrected chi connectivity index (χ3v) is 4.80. The van der Waals surface area contributed by atoms with Crippen molar-refractivity contribution in [2.45, 2.75) is 32.1 Å². The Bertz CT molecular complexity index is 369. The smallest absolute Gasteiger partial charge is 0.310 e. The molecule has 134 valence electrons. The summed E-state index contributed by atoms with van der Waals surface area (Å²) in [6.45, 7) is 3.81. The predicted octanol–water partition coefficient (Wildman–Crippen LogP) is 1.13. The van der Waals surface area contributed by atoms with Crippen molar-refractivity contribution in [3.05, 3.63) is 0 Å². The summed E-state index contributed by atoms with van der Waals surface area (Å²) >= 11 is 0. The molecule has 0 saturated carbocycles. The van der Waals surface area contributed by atoms with Crippen LogP contribution in [0.1, 0.15) is 32.1 Å². The van der Waals surface area contributed by atoms with Gasteiger partial charge >= 0.3 is 5.97 Å². The minimum Gasteiger partial charge on any atom is -0.469 e. The average Bonchev–Trinajstić information content (AvgIpc) is 3.07. The summed E-state index contributed by atoms with van der Waals surface area (Å²) in [4.78, 5) is 24.0. The summed E-state index contributed by atoms with van der Waals surface area (Å²) in [5.41, 5.74) is 0. The lowest BCUT2D eigenvalue weighted by Gasteiger charge is -2.28. The van der Waals surface area contributed by atoms with Crippen LogP contribution in [0.4, 0.5) is 0 Å². The second kappa shape index (κ2) is 10.8. The number of carbonyl (C=O) groups is 2. The van der Waals surface area contributed by atoms with Crippen molar-refractivity contribution in [1.82, 2.24) is 10.6 Å². The Labute approximate surface area is 144 Å². The van der Waals surface area contributed by atoms with Gasteiger partial charge in [-0.15, -0.1) is 12.4 Å². The summed E-state index contributed by atoms with van der Waals surface area (Å²) in [6, 6.07) is 0. The lowest BCUT2D eigenvalue weighted by atomic mass is 9.86. The number of hydrogen-bond donors (Lipinski definition) is 2. The largest absolute Gasteiger partial charge is 0.469 e. The van der Waals surface area contributed by atoms with Crippen LogP contribution in [0.15, 0.2) is 0 Å². The molecule has 7 heteroatoms. The average molecular weight is 349 g/mol. The standard InChI is InChI=1S/C16H28N2O4.ClH/c1-21-16(20)14(13-5-8-22-9-6-13)11-18-15(19)3-2-12-4-7-17-10-12;/h12-14,17H,2-11H2,1H3,(H,18,19);1H. The fourth-order valence-corrected chi connectivity index (χ4v) is 3.32. The van der Waals surface area contributed by atoms with Gasteiger partial charge in [0.05, 0.1) is 13.0 Å². The SMILES string of the molecule is COC(=O)C(CNC(=O)CCC1CCNC1)C1CCOCC1.Cl. The van der Waals surface area contributed by atoms with Crippen molar-refractivity contribution in [1.29, 1.82) is 0 Å². The second-order valence-electron chi connectivity index (χ2n) is 6.28. The molecule has 2 aliphatic heterocycles. The van der Waals surface area contributed by atoms with Crippen molar-refractivity contribution in [2.75, 3.05) is 40.0 Å². The summed E-state index contributed by atoms with van der Waals surface area (Å²) < 4.78 is 10.2. The van der Waals surface area contributed by atoms with Gasteiger partial charge in [0.1, 0.15) is 0 Å². The molecule has 0 aromatic heterocycles. The minimum atomic E-state index is -0.258. The van der Waals surface area contributed by atoms with Gasteiger partial charge in [0.2, 0.25) is 5.91 Å². The Morgan fingerprint density at radius 2 is 2.04 bits per heavy atom. The van der Waals surface area contributed by atoms with Crippen LogP contribution >= 0.6 is 12.4 Å². The fourth-order valence-electron chi connectivity index (χ4n) is 3.32. The molecule has 2 rings (SSSR count). The molecule has 0 bridgehead atoms. The highest BCUT2D eigenvalue weighted by Crippen LogP contribution is 2.24. The molecule has 6 nitrogen and oxygen atoms in total. The van der Waals surface area contributed by atoms with Crippen LogP contribution in [0.2, 0.25) is 0 Å². The van der Waals surface area contributed by atoms with Crippen molar-refractivity contribution in [3.8, 4) is 0 Å². The van der Waals surface area contributed by atoms with E-state index in [9.17, 15) is 9.59 Å². The Morgan fingerprint density at radius 1 is 1.30 bits per heavy atom. The zero-order chi connectivity index (χ0) is 15.8. The molecule has 1 amide bonds. The lowest BCUT2D eigenvalue weighted by molar-refractivity contribution is -0.148. The summed E-state index contributed by atoms with van der Waals surface area (Å²) in [6.07, 6.45) is 4.31. The Kier molecular flexibility index (Phi) is 9.52. The highest BCUT2D eigenvalue weighted by Gasteiger charge is 2.31. The van der Waals surface area contributed by atoms with Gasteiger partial charge in [-0.2, -0.15) is 0 Å². The molecule has 0 spiro atoms. The van der Waals surface area contributed by atoms with E-state index >= 15 is 0 Å². The third kappa shape index (κ3) is 6.65. The predicted molar refractivity (Wildman–Crippen MR) is 89.5 cm³/mol. The van der Waals surface area contributed by atoms with E-state index < -0.39 is 0 Å². The molecule has 0 aromatic rings. The van der Waals surface area contributed by atoms with E-state index in [1.807, 2.05) is 0 Å². The van der Waals surface area contributed by atoms with Crippen molar-refractivity contribution in [3.63, 3.8) is 0 Å². The van der Waals surface area contributed by atoms with E-state index in [-0.39, 0.29) is 36.1 Å². The normalized spacial score (nSPS) is 22.9. The summed E-state index contributed by atoms with van der Waals surface area (Å²) in [7, 11) is 1.41.